The van der Waals surface area contributed by atoms with Gasteiger partial charge < -0.3 is 12.4 Å². The molecule has 16 heavy (non-hydrogen) atoms. The predicted octanol–water partition coefficient (Wildman–Crippen LogP) is -2.42. The number of nitrogens with zero attached hydrogens (tertiary/aromatic N) is 2. The number of halogens is 1. The number of aryl methyl sites for hydroxylation is 1. The van der Waals surface area contributed by atoms with Crippen LogP contribution in [0.3, 0.4) is 0 Å². The monoisotopic (exact) mass is 236 g/mol. The van der Waals surface area contributed by atoms with Crippen LogP contribution in [0.1, 0.15) is 5.56 Å². The Kier molecular flexibility index (Phi) is 2.83. The summed E-state index contributed by atoms with van der Waals surface area (Å²) in [5.74, 6) is 0.908. The minimum absolute atomic E-state index is 0. The van der Waals surface area contributed by atoms with E-state index in [9.17, 15) is 0 Å². The van der Waals surface area contributed by atoms with Crippen molar-refractivity contribution < 1.29 is 17.1 Å². The second-order valence-corrected chi connectivity index (χ2v) is 3.78. The van der Waals surface area contributed by atoms with Gasteiger partial charge in [-0.15, -0.1) is 9.67 Å². The molecule has 0 amide bonds. The van der Waals surface area contributed by atoms with Gasteiger partial charge in [-0.25, -0.2) is 5.10 Å². The molecule has 0 spiro atoms. The molecule has 0 aliphatic carbocycles. The number of aliphatic imine (C=N–C) groups is 1. The van der Waals surface area contributed by atoms with Crippen LogP contribution < -0.4 is 22.4 Å². The van der Waals surface area contributed by atoms with Gasteiger partial charge in [0.1, 0.15) is 12.7 Å². The Morgan fingerprint density at radius 3 is 2.94 bits per heavy atom. The molecular formula is C11H13ClN4. The lowest BCUT2D eigenvalue weighted by molar-refractivity contribution is -0.618. The number of aromatic amines is 1. The van der Waals surface area contributed by atoms with Crippen LogP contribution in [0, 0.1) is 6.92 Å². The van der Waals surface area contributed by atoms with Crippen LogP contribution in [-0.4, -0.2) is 24.1 Å². The molecule has 0 fully saturated rings. The van der Waals surface area contributed by atoms with Crippen LogP contribution in [0.4, 0.5) is 0 Å². The fraction of sp³-hybridized carbons (Fsp3) is 0.273. The standard InChI is InChI=1S/C11H12N4.ClH/c1-8-3-2-4-10-9(8)7-15(14-10)11-12-5-6-13-11;/h2-4,7H,5-6H2,1H3,(H,12,13);1H. The maximum Gasteiger partial charge on any atom is 0.408 e. The largest absolute Gasteiger partial charge is 1.00 e. The van der Waals surface area contributed by atoms with E-state index in [0.717, 1.165) is 24.6 Å². The fourth-order valence-electron chi connectivity index (χ4n) is 1.90. The maximum absolute atomic E-state index is 4.37. The molecule has 0 atom stereocenters. The van der Waals surface area contributed by atoms with Crippen LogP contribution >= 0.6 is 0 Å². The van der Waals surface area contributed by atoms with Crippen molar-refractivity contribution in [3.63, 3.8) is 0 Å². The molecule has 0 bridgehead atoms. The molecule has 4 nitrogen and oxygen atoms in total. The third-order valence-electron chi connectivity index (χ3n) is 2.71. The lowest BCUT2D eigenvalue weighted by Gasteiger charge is -1.90. The van der Waals surface area contributed by atoms with Gasteiger partial charge in [0.05, 0.1) is 12.1 Å². The summed E-state index contributed by atoms with van der Waals surface area (Å²) >= 11 is 0. The van der Waals surface area contributed by atoms with E-state index in [1.165, 1.54) is 10.9 Å². The molecule has 5 heteroatoms. The minimum Gasteiger partial charge on any atom is -1.00 e. The first kappa shape index (κ1) is 11.0. The van der Waals surface area contributed by atoms with Crippen molar-refractivity contribution in [3.8, 4) is 0 Å². The van der Waals surface area contributed by atoms with Crippen molar-refractivity contribution in [1.29, 1.82) is 0 Å². The lowest BCUT2D eigenvalue weighted by Crippen LogP contribution is -3.00. The molecule has 1 aliphatic rings. The zero-order valence-corrected chi connectivity index (χ0v) is 9.75. The summed E-state index contributed by atoms with van der Waals surface area (Å²) in [6, 6.07) is 6.25. The topological polar surface area (TPSA) is 44.1 Å². The summed E-state index contributed by atoms with van der Waals surface area (Å²) in [4.78, 5) is 4.37. The first-order valence-corrected chi connectivity index (χ1v) is 5.13. The highest BCUT2D eigenvalue weighted by molar-refractivity contribution is 5.82. The number of nitrogens with one attached hydrogen (secondary N) is 2. The third-order valence-corrected chi connectivity index (χ3v) is 2.71. The van der Waals surface area contributed by atoms with E-state index in [0.29, 0.717) is 0 Å². The number of rotatable bonds is 0. The Labute approximate surface area is 99.8 Å². The molecule has 1 aliphatic heterocycles. The molecule has 2 aromatic rings. The van der Waals surface area contributed by atoms with Crippen molar-refractivity contribution in [1.82, 2.24) is 10.4 Å². The summed E-state index contributed by atoms with van der Waals surface area (Å²) in [5, 5.41) is 7.78. The normalized spacial score (nSPS) is 14.4. The van der Waals surface area contributed by atoms with Gasteiger partial charge in [-0.3, -0.25) is 5.32 Å². The summed E-state index contributed by atoms with van der Waals surface area (Å²) in [5.41, 5.74) is 2.42. The Morgan fingerprint density at radius 2 is 2.25 bits per heavy atom. The molecule has 1 aromatic carbocycles. The Bertz CT molecular complexity index is 544. The molecule has 1 aromatic heterocycles. The summed E-state index contributed by atoms with van der Waals surface area (Å²) in [6.45, 7) is 3.90. The summed E-state index contributed by atoms with van der Waals surface area (Å²) < 4.78 is 1.95. The Balaban J connectivity index is 0.000000963. The average Bonchev–Trinajstić information content (AvgIpc) is 2.86. The Hall–Kier alpha value is -1.55. The number of hydrogen-bond donors (Lipinski definition) is 2. The van der Waals surface area contributed by atoms with Gasteiger partial charge in [0.15, 0.2) is 0 Å². The van der Waals surface area contributed by atoms with Gasteiger partial charge in [-0.05, 0) is 18.6 Å². The number of benzene rings is 1. The fourth-order valence-corrected chi connectivity index (χ4v) is 1.90. The van der Waals surface area contributed by atoms with E-state index in [1.54, 1.807) is 0 Å². The van der Waals surface area contributed by atoms with Crippen LogP contribution in [0.2, 0.25) is 0 Å². The van der Waals surface area contributed by atoms with E-state index in [4.69, 9.17) is 0 Å². The highest BCUT2D eigenvalue weighted by atomic mass is 35.5. The maximum atomic E-state index is 4.37. The molecule has 2 N–H and O–H groups in total. The minimum atomic E-state index is 0. The van der Waals surface area contributed by atoms with Crippen LogP contribution in [-0.2, 0) is 0 Å². The van der Waals surface area contributed by atoms with Crippen molar-refractivity contribution >= 4 is 16.9 Å². The van der Waals surface area contributed by atoms with Crippen LogP contribution in [0.15, 0.2) is 29.4 Å². The van der Waals surface area contributed by atoms with Gasteiger partial charge in [-0.2, -0.15) is 0 Å². The zero-order chi connectivity index (χ0) is 10.3. The van der Waals surface area contributed by atoms with Gasteiger partial charge in [0.25, 0.3) is 0 Å². The van der Waals surface area contributed by atoms with E-state index in [1.807, 2.05) is 4.68 Å². The number of fused-ring (bicyclic) bond motifs is 1. The molecule has 84 valence electrons. The van der Waals surface area contributed by atoms with Crippen molar-refractivity contribution in [3.05, 3.63) is 30.0 Å². The van der Waals surface area contributed by atoms with Crippen LogP contribution in [0.25, 0.3) is 10.9 Å². The molecule has 0 saturated heterocycles. The molecule has 2 heterocycles. The van der Waals surface area contributed by atoms with Gasteiger partial charge in [0, 0.05) is 5.39 Å². The van der Waals surface area contributed by atoms with E-state index < -0.39 is 0 Å². The van der Waals surface area contributed by atoms with Gasteiger partial charge in [0.2, 0.25) is 0 Å². The second kappa shape index (κ2) is 4.14. The average molecular weight is 237 g/mol. The smallest absolute Gasteiger partial charge is 0.408 e. The Morgan fingerprint density at radius 1 is 1.38 bits per heavy atom. The van der Waals surface area contributed by atoms with Crippen molar-refractivity contribution in [2.75, 3.05) is 13.1 Å². The van der Waals surface area contributed by atoms with Crippen molar-refractivity contribution in [2.45, 2.75) is 6.92 Å². The van der Waals surface area contributed by atoms with Gasteiger partial charge >= 0.3 is 5.96 Å². The third kappa shape index (κ3) is 1.65. The van der Waals surface area contributed by atoms with Crippen LogP contribution in [0.5, 0.6) is 0 Å². The second-order valence-electron chi connectivity index (χ2n) is 3.78. The zero-order valence-electron chi connectivity index (χ0n) is 9.00. The summed E-state index contributed by atoms with van der Waals surface area (Å²) in [6.07, 6.45) is 2.09. The molecular weight excluding hydrogens is 224 g/mol. The molecule has 3 rings (SSSR count). The molecule has 0 radical (unpaired) electrons. The van der Waals surface area contributed by atoms with Crippen molar-refractivity contribution in [2.24, 2.45) is 4.99 Å². The lowest BCUT2D eigenvalue weighted by atomic mass is 10.1. The number of aromatic nitrogens is 2. The van der Waals surface area contributed by atoms with E-state index in [-0.39, 0.29) is 12.4 Å². The van der Waals surface area contributed by atoms with E-state index in [2.05, 4.69) is 46.7 Å². The SMILES string of the molecule is Cc1cccc2[nH][n+](C3=NCCN3)cc12.[Cl-]. The molecule has 0 unspecified atom stereocenters. The molecule has 0 saturated carbocycles. The quantitative estimate of drug-likeness (QED) is 0.491. The van der Waals surface area contributed by atoms with Gasteiger partial charge in [-0.1, -0.05) is 12.1 Å². The highest BCUT2D eigenvalue weighted by Gasteiger charge is 2.18. The first-order valence-electron chi connectivity index (χ1n) is 5.13. The number of H-pyrrole nitrogens is 1. The highest BCUT2D eigenvalue weighted by Crippen LogP contribution is 2.13. The summed E-state index contributed by atoms with van der Waals surface area (Å²) in [7, 11) is 0. The number of hydrogen-bond acceptors (Lipinski definition) is 2. The van der Waals surface area contributed by atoms with E-state index >= 15 is 0 Å². The predicted molar refractivity (Wildman–Crippen MR) is 58.9 cm³/mol. The first-order chi connectivity index (χ1) is 7.34.